The molecule has 0 spiro atoms. The molecular formula is C15H30N2O. The molecule has 3 nitrogen and oxygen atoms in total. The van der Waals surface area contributed by atoms with E-state index in [2.05, 4.69) is 39.8 Å². The molecule has 3 N–H and O–H groups in total. The maximum absolute atomic E-state index is 9.81. The summed E-state index contributed by atoms with van der Waals surface area (Å²) in [4.78, 5) is 2.36. The van der Waals surface area contributed by atoms with E-state index in [0.29, 0.717) is 12.0 Å². The van der Waals surface area contributed by atoms with Crippen LogP contribution in [0.4, 0.5) is 0 Å². The molecule has 0 heterocycles. The van der Waals surface area contributed by atoms with Crippen molar-refractivity contribution in [1.29, 1.82) is 0 Å². The van der Waals surface area contributed by atoms with Crippen molar-refractivity contribution in [3.8, 4) is 0 Å². The summed E-state index contributed by atoms with van der Waals surface area (Å²) in [5.74, 6) is 0.951. The van der Waals surface area contributed by atoms with E-state index in [-0.39, 0.29) is 23.5 Å². The molecule has 0 unspecified atom stereocenters. The van der Waals surface area contributed by atoms with E-state index < -0.39 is 0 Å². The summed E-state index contributed by atoms with van der Waals surface area (Å²) in [7, 11) is 4.33. The molecule has 2 aliphatic rings. The van der Waals surface area contributed by atoms with Crippen LogP contribution in [0.25, 0.3) is 0 Å². The summed E-state index contributed by atoms with van der Waals surface area (Å²) in [5.41, 5.74) is 6.64. The topological polar surface area (TPSA) is 49.5 Å². The van der Waals surface area contributed by atoms with Gasteiger partial charge in [0.1, 0.15) is 0 Å². The van der Waals surface area contributed by atoms with Crippen LogP contribution in [-0.4, -0.2) is 42.8 Å². The Bertz CT molecular complexity index is 324. The van der Waals surface area contributed by atoms with E-state index in [1.807, 2.05) is 0 Å². The second kappa shape index (κ2) is 4.19. The molecule has 0 saturated heterocycles. The standard InChI is InChI=1S/C15H30N2O/c1-13(2)11-6-7-14(13,3)15(8-11,17(4)5)12(9-16)10-18/h11-12,18H,6-10,16H2,1-5H3/t11-,12-,14+,15-/m1/s1. The van der Waals surface area contributed by atoms with Gasteiger partial charge in [0.2, 0.25) is 0 Å². The van der Waals surface area contributed by atoms with Gasteiger partial charge in [-0.15, -0.1) is 0 Å². The molecular weight excluding hydrogens is 224 g/mol. The summed E-state index contributed by atoms with van der Waals surface area (Å²) in [5, 5.41) is 9.81. The van der Waals surface area contributed by atoms with Crippen molar-refractivity contribution in [2.45, 2.75) is 45.6 Å². The van der Waals surface area contributed by atoms with Crippen LogP contribution in [0.15, 0.2) is 0 Å². The van der Waals surface area contributed by atoms with Crippen LogP contribution in [0.2, 0.25) is 0 Å². The zero-order valence-corrected chi connectivity index (χ0v) is 12.7. The van der Waals surface area contributed by atoms with Crippen molar-refractivity contribution < 1.29 is 5.11 Å². The Morgan fingerprint density at radius 2 is 1.94 bits per heavy atom. The van der Waals surface area contributed by atoms with Gasteiger partial charge >= 0.3 is 0 Å². The molecule has 2 fully saturated rings. The Hall–Kier alpha value is -0.120. The molecule has 2 aliphatic carbocycles. The van der Waals surface area contributed by atoms with Crippen LogP contribution in [0.3, 0.4) is 0 Å². The number of aliphatic hydroxyl groups is 1. The SMILES string of the molecule is CN(C)[C@@]1([C@H](CN)CO)C[C@H]2CC[C@@]1(C)C2(C)C. The number of aliphatic hydroxyl groups excluding tert-OH is 1. The van der Waals surface area contributed by atoms with Crippen molar-refractivity contribution in [1.82, 2.24) is 4.90 Å². The van der Waals surface area contributed by atoms with Crippen molar-refractivity contribution in [2.24, 2.45) is 28.4 Å². The molecule has 0 amide bonds. The average molecular weight is 254 g/mol. The second-order valence-corrected chi connectivity index (χ2v) is 7.43. The van der Waals surface area contributed by atoms with Gasteiger partial charge in [0.05, 0.1) is 0 Å². The maximum atomic E-state index is 9.81. The van der Waals surface area contributed by atoms with Gasteiger partial charge in [0.15, 0.2) is 0 Å². The lowest BCUT2D eigenvalue weighted by Gasteiger charge is -2.56. The first-order valence-corrected chi connectivity index (χ1v) is 7.26. The lowest BCUT2D eigenvalue weighted by molar-refractivity contribution is -0.0723. The van der Waals surface area contributed by atoms with E-state index in [4.69, 9.17) is 5.73 Å². The third-order valence-corrected chi connectivity index (χ3v) is 6.93. The summed E-state index contributed by atoms with van der Waals surface area (Å²) >= 11 is 0. The highest BCUT2D eigenvalue weighted by Crippen LogP contribution is 2.72. The molecule has 2 saturated carbocycles. The third-order valence-electron chi connectivity index (χ3n) is 6.93. The molecule has 0 aromatic rings. The van der Waals surface area contributed by atoms with Gasteiger partial charge in [0, 0.05) is 18.1 Å². The zero-order valence-electron chi connectivity index (χ0n) is 12.7. The van der Waals surface area contributed by atoms with Crippen LogP contribution in [0.1, 0.15) is 40.0 Å². The highest BCUT2D eigenvalue weighted by atomic mass is 16.3. The van der Waals surface area contributed by atoms with Gasteiger partial charge in [-0.2, -0.15) is 0 Å². The van der Waals surface area contributed by atoms with E-state index in [1.54, 1.807) is 0 Å². The fraction of sp³-hybridized carbons (Fsp3) is 1.00. The van der Waals surface area contributed by atoms with Crippen LogP contribution in [-0.2, 0) is 0 Å². The van der Waals surface area contributed by atoms with Gasteiger partial charge in [-0.25, -0.2) is 0 Å². The minimum Gasteiger partial charge on any atom is -0.396 e. The molecule has 0 radical (unpaired) electrons. The summed E-state index contributed by atoms with van der Waals surface area (Å²) < 4.78 is 0. The van der Waals surface area contributed by atoms with Crippen LogP contribution < -0.4 is 5.73 Å². The normalized spacial score (nSPS) is 43.7. The van der Waals surface area contributed by atoms with Crippen molar-refractivity contribution >= 4 is 0 Å². The zero-order chi connectivity index (χ0) is 13.8. The highest BCUT2D eigenvalue weighted by molar-refractivity contribution is 5.23. The fourth-order valence-electron chi connectivity index (χ4n) is 5.41. The lowest BCUT2D eigenvalue weighted by atomic mass is 9.58. The Labute approximate surface area is 112 Å². The van der Waals surface area contributed by atoms with Gasteiger partial charge in [-0.1, -0.05) is 20.8 Å². The minimum absolute atomic E-state index is 0.0584. The number of rotatable bonds is 4. The quantitative estimate of drug-likeness (QED) is 0.803. The Morgan fingerprint density at radius 1 is 1.33 bits per heavy atom. The van der Waals surface area contributed by atoms with E-state index >= 15 is 0 Å². The molecule has 2 bridgehead atoms. The van der Waals surface area contributed by atoms with Crippen LogP contribution in [0, 0.1) is 22.7 Å². The number of hydrogen-bond donors (Lipinski definition) is 2. The van der Waals surface area contributed by atoms with Crippen molar-refractivity contribution in [2.75, 3.05) is 27.2 Å². The fourth-order valence-corrected chi connectivity index (χ4v) is 5.41. The van der Waals surface area contributed by atoms with E-state index in [9.17, 15) is 5.11 Å². The molecule has 0 aliphatic heterocycles. The summed E-state index contributed by atoms with van der Waals surface area (Å²) in [6.45, 7) is 8.04. The first-order valence-electron chi connectivity index (χ1n) is 7.26. The molecule has 106 valence electrons. The lowest BCUT2D eigenvalue weighted by Crippen LogP contribution is -2.63. The van der Waals surface area contributed by atoms with Crippen molar-refractivity contribution in [3.05, 3.63) is 0 Å². The largest absolute Gasteiger partial charge is 0.396 e. The first-order chi connectivity index (χ1) is 8.28. The molecule has 3 heteroatoms. The number of nitrogens with zero attached hydrogens (tertiary/aromatic N) is 1. The Kier molecular flexibility index (Phi) is 3.33. The second-order valence-electron chi connectivity index (χ2n) is 7.43. The molecule has 0 aromatic heterocycles. The molecule has 2 rings (SSSR count). The van der Waals surface area contributed by atoms with Gasteiger partial charge in [0.25, 0.3) is 0 Å². The molecule has 4 atom stereocenters. The Balaban J connectivity index is 2.52. The molecule has 18 heavy (non-hydrogen) atoms. The number of hydrogen-bond acceptors (Lipinski definition) is 3. The van der Waals surface area contributed by atoms with Crippen molar-refractivity contribution in [3.63, 3.8) is 0 Å². The van der Waals surface area contributed by atoms with E-state index in [1.165, 1.54) is 19.3 Å². The highest BCUT2D eigenvalue weighted by Gasteiger charge is 2.70. The smallest absolute Gasteiger partial charge is 0.0489 e. The van der Waals surface area contributed by atoms with Gasteiger partial charge in [-0.05, 0) is 56.7 Å². The van der Waals surface area contributed by atoms with Crippen LogP contribution >= 0.6 is 0 Å². The minimum atomic E-state index is 0.0584. The average Bonchev–Trinajstić information content (AvgIpc) is 2.62. The summed E-state index contributed by atoms with van der Waals surface area (Å²) in [6.07, 6.45) is 3.78. The Morgan fingerprint density at radius 3 is 2.22 bits per heavy atom. The predicted octanol–water partition coefficient (Wildman–Crippen LogP) is 1.70. The summed E-state index contributed by atoms with van der Waals surface area (Å²) in [6, 6.07) is 0. The van der Waals surface area contributed by atoms with Gasteiger partial charge < -0.3 is 15.7 Å². The number of nitrogens with two attached hydrogens (primary N) is 1. The third kappa shape index (κ3) is 1.36. The predicted molar refractivity (Wildman–Crippen MR) is 75.3 cm³/mol. The van der Waals surface area contributed by atoms with Gasteiger partial charge in [-0.3, -0.25) is 0 Å². The maximum Gasteiger partial charge on any atom is 0.0489 e. The first kappa shape index (κ1) is 14.3. The van der Waals surface area contributed by atoms with E-state index in [0.717, 1.165) is 5.92 Å². The monoisotopic (exact) mass is 254 g/mol. The molecule has 0 aromatic carbocycles. The van der Waals surface area contributed by atoms with Crippen LogP contribution in [0.5, 0.6) is 0 Å². The number of fused-ring (bicyclic) bond motifs is 2.